The van der Waals surface area contributed by atoms with E-state index in [9.17, 15) is 14.4 Å². The normalized spacial score (nSPS) is 10.1. The van der Waals surface area contributed by atoms with Gasteiger partial charge in [0.2, 0.25) is 11.8 Å². The number of furan rings is 1. The van der Waals surface area contributed by atoms with E-state index in [1.165, 1.54) is 11.2 Å². The topological polar surface area (TPSA) is 115 Å². The number of carbonyl (C=O) groups is 3. The van der Waals surface area contributed by atoms with Gasteiger partial charge < -0.3 is 20.0 Å². The third-order valence-electron chi connectivity index (χ3n) is 4.55. The van der Waals surface area contributed by atoms with Gasteiger partial charge in [0.15, 0.2) is 5.76 Å². The molecule has 0 fully saturated rings. The van der Waals surface area contributed by atoms with Crippen LogP contribution < -0.4 is 15.5 Å². The van der Waals surface area contributed by atoms with E-state index in [-0.39, 0.29) is 49.3 Å². The van der Waals surface area contributed by atoms with Gasteiger partial charge in [-0.1, -0.05) is 18.2 Å². The summed E-state index contributed by atoms with van der Waals surface area (Å²) in [7, 11) is 0. The van der Waals surface area contributed by atoms with Gasteiger partial charge in [0.1, 0.15) is 0 Å². The predicted octanol–water partition coefficient (Wildman–Crippen LogP) is 4.20. The Labute approximate surface area is 185 Å². The standard InChI is InChI=1S/C24H22N4O4/c25-15-5-16-28(20-6-2-1-3-7-20)23(30)14-13-22(29)26-18-9-11-19(12-10-18)27-24(31)21-8-4-17-32-21/h1-4,6-12,17H,5,13-14,16H2,(H,26,29)(H,27,31). The summed E-state index contributed by atoms with van der Waals surface area (Å²) in [5.41, 5.74) is 1.79. The molecule has 0 radical (unpaired) electrons. The maximum absolute atomic E-state index is 12.6. The Balaban J connectivity index is 1.50. The van der Waals surface area contributed by atoms with Crippen LogP contribution in [0, 0.1) is 11.3 Å². The highest BCUT2D eigenvalue weighted by Crippen LogP contribution is 2.17. The Kier molecular flexibility index (Phi) is 7.76. The molecule has 0 spiro atoms. The molecule has 0 bridgehead atoms. The Morgan fingerprint density at radius 3 is 2.19 bits per heavy atom. The lowest BCUT2D eigenvalue weighted by Gasteiger charge is -2.21. The molecule has 162 valence electrons. The molecule has 0 aliphatic carbocycles. The number of nitriles is 1. The highest BCUT2D eigenvalue weighted by molar-refractivity contribution is 6.02. The first-order chi connectivity index (χ1) is 15.6. The number of carbonyl (C=O) groups excluding carboxylic acids is 3. The van der Waals surface area contributed by atoms with Crippen molar-refractivity contribution in [2.24, 2.45) is 0 Å². The van der Waals surface area contributed by atoms with E-state index in [0.717, 1.165) is 0 Å². The minimum Gasteiger partial charge on any atom is -0.459 e. The fourth-order valence-corrected chi connectivity index (χ4v) is 2.98. The maximum atomic E-state index is 12.6. The van der Waals surface area contributed by atoms with Crippen LogP contribution in [0.15, 0.2) is 77.4 Å². The summed E-state index contributed by atoms with van der Waals surface area (Å²) in [6.45, 7) is 0.270. The van der Waals surface area contributed by atoms with Crippen LogP contribution in [0.5, 0.6) is 0 Å². The second-order valence-corrected chi connectivity index (χ2v) is 6.85. The molecule has 1 heterocycles. The first-order valence-electron chi connectivity index (χ1n) is 10.0. The molecular weight excluding hydrogens is 408 g/mol. The summed E-state index contributed by atoms with van der Waals surface area (Å²) in [5.74, 6) is -0.701. The van der Waals surface area contributed by atoms with Crippen molar-refractivity contribution in [2.45, 2.75) is 19.3 Å². The van der Waals surface area contributed by atoms with E-state index < -0.39 is 0 Å². The van der Waals surface area contributed by atoms with Crippen molar-refractivity contribution >= 4 is 34.8 Å². The van der Waals surface area contributed by atoms with Crippen molar-refractivity contribution in [1.29, 1.82) is 5.26 Å². The van der Waals surface area contributed by atoms with Gasteiger partial charge in [-0.3, -0.25) is 14.4 Å². The van der Waals surface area contributed by atoms with E-state index in [1.807, 2.05) is 24.3 Å². The van der Waals surface area contributed by atoms with Gasteiger partial charge in [0, 0.05) is 36.4 Å². The molecule has 3 rings (SSSR count). The van der Waals surface area contributed by atoms with Crippen molar-refractivity contribution in [3.05, 3.63) is 78.8 Å². The van der Waals surface area contributed by atoms with Gasteiger partial charge >= 0.3 is 0 Å². The molecule has 0 saturated carbocycles. The van der Waals surface area contributed by atoms with Crippen molar-refractivity contribution in [1.82, 2.24) is 0 Å². The van der Waals surface area contributed by atoms with Gasteiger partial charge in [-0.05, 0) is 48.5 Å². The molecule has 8 heteroatoms. The Hall–Kier alpha value is -4.38. The van der Waals surface area contributed by atoms with Crippen LogP contribution in [0.3, 0.4) is 0 Å². The van der Waals surface area contributed by atoms with Crippen LogP contribution in [0.25, 0.3) is 0 Å². The summed E-state index contributed by atoms with van der Waals surface area (Å²) < 4.78 is 5.04. The van der Waals surface area contributed by atoms with E-state index in [1.54, 1.807) is 48.5 Å². The van der Waals surface area contributed by atoms with Gasteiger partial charge in [-0.25, -0.2) is 0 Å². The quantitative estimate of drug-likeness (QED) is 0.528. The fourth-order valence-electron chi connectivity index (χ4n) is 2.98. The minimum absolute atomic E-state index is 0.00566. The number of nitrogens with one attached hydrogen (secondary N) is 2. The smallest absolute Gasteiger partial charge is 0.291 e. The molecule has 8 nitrogen and oxygen atoms in total. The molecular formula is C24H22N4O4. The lowest BCUT2D eigenvalue weighted by molar-refractivity contribution is -0.122. The largest absolute Gasteiger partial charge is 0.459 e. The summed E-state index contributed by atoms with van der Waals surface area (Å²) in [4.78, 5) is 38.4. The number of amides is 3. The zero-order valence-electron chi connectivity index (χ0n) is 17.3. The first-order valence-corrected chi connectivity index (χ1v) is 10.0. The molecule has 0 unspecified atom stereocenters. The monoisotopic (exact) mass is 430 g/mol. The molecule has 0 aliphatic rings. The van der Waals surface area contributed by atoms with Crippen molar-refractivity contribution < 1.29 is 18.8 Å². The molecule has 3 aromatic rings. The molecule has 1 aromatic heterocycles. The van der Waals surface area contributed by atoms with Gasteiger partial charge in [-0.15, -0.1) is 0 Å². The van der Waals surface area contributed by atoms with Crippen molar-refractivity contribution in [3.63, 3.8) is 0 Å². The van der Waals surface area contributed by atoms with E-state index in [0.29, 0.717) is 17.1 Å². The van der Waals surface area contributed by atoms with Crippen LogP contribution in [-0.4, -0.2) is 24.3 Å². The number of hydrogen-bond donors (Lipinski definition) is 2. The molecule has 0 saturated heterocycles. The number of nitrogens with zero attached hydrogens (tertiary/aromatic N) is 2. The van der Waals surface area contributed by atoms with E-state index in [4.69, 9.17) is 9.68 Å². The number of rotatable bonds is 9. The van der Waals surface area contributed by atoms with Crippen LogP contribution in [0.2, 0.25) is 0 Å². The average molecular weight is 430 g/mol. The van der Waals surface area contributed by atoms with Crippen LogP contribution in [0.4, 0.5) is 17.1 Å². The average Bonchev–Trinajstić information content (AvgIpc) is 3.35. The molecule has 0 atom stereocenters. The maximum Gasteiger partial charge on any atom is 0.291 e. The van der Waals surface area contributed by atoms with E-state index >= 15 is 0 Å². The highest BCUT2D eigenvalue weighted by Gasteiger charge is 2.17. The molecule has 0 aliphatic heterocycles. The number of anilines is 3. The second-order valence-electron chi connectivity index (χ2n) is 6.85. The van der Waals surface area contributed by atoms with Crippen LogP contribution >= 0.6 is 0 Å². The van der Waals surface area contributed by atoms with Gasteiger partial charge in [0.25, 0.3) is 5.91 Å². The summed E-state index contributed by atoms with van der Waals surface area (Å²) in [5, 5.41) is 14.3. The summed E-state index contributed by atoms with van der Waals surface area (Å²) in [6, 6.07) is 20.9. The molecule has 2 N–H and O–H groups in total. The first kappa shape index (κ1) is 22.3. The van der Waals surface area contributed by atoms with Crippen LogP contribution in [0.1, 0.15) is 29.8 Å². The third kappa shape index (κ3) is 6.31. The fraction of sp³-hybridized carbons (Fsp3) is 0.167. The number of para-hydroxylation sites is 1. The highest BCUT2D eigenvalue weighted by atomic mass is 16.3. The zero-order valence-corrected chi connectivity index (χ0v) is 17.3. The van der Waals surface area contributed by atoms with Gasteiger partial charge in [-0.2, -0.15) is 5.26 Å². The number of benzene rings is 2. The van der Waals surface area contributed by atoms with Crippen molar-refractivity contribution in [3.8, 4) is 6.07 Å². The Morgan fingerprint density at radius 1 is 0.875 bits per heavy atom. The summed E-state index contributed by atoms with van der Waals surface area (Å²) >= 11 is 0. The van der Waals surface area contributed by atoms with Gasteiger partial charge in [0.05, 0.1) is 18.8 Å². The van der Waals surface area contributed by atoms with E-state index in [2.05, 4.69) is 10.6 Å². The van der Waals surface area contributed by atoms with Crippen molar-refractivity contribution in [2.75, 3.05) is 22.1 Å². The predicted molar refractivity (Wildman–Crippen MR) is 120 cm³/mol. The summed E-state index contributed by atoms with van der Waals surface area (Å²) in [6.07, 6.45) is 1.64. The lowest BCUT2D eigenvalue weighted by Crippen LogP contribution is -2.32. The minimum atomic E-state index is -0.371. The molecule has 32 heavy (non-hydrogen) atoms. The SMILES string of the molecule is N#CCCN(C(=O)CCC(=O)Nc1ccc(NC(=O)c2ccco2)cc1)c1ccccc1. The Bertz CT molecular complexity index is 1090. The third-order valence-corrected chi connectivity index (χ3v) is 4.55. The van der Waals surface area contributed by atoms with Crippen LogP contribution in [-0.2, 0) is 9.59 Å². The second kappa shape index (κ2) is 11.1. The lowest BCUT2D eigenvalue weighted by atomic mass is 10.2. The zero-order chi connectivity index (χ0) is 22.8. The number of hydrogen-bond acceptors (Lipinski definition) is 5. The molecule has 3 amide bonds. The Morgan fingerprint density at radius 2 is 1.56 bits per heavy atom. The molecule has 2 aromatic carbocycles.